The summed E-state index contributed by atoms with van der Waals surface area (Å²) in [4.78, 5) is 11.4. The fourth-order valence-corrected chi connectivity index (χ4v) is 3.94. The first-order valence-corrected chi connectivity index (χ1v) is 8.34. The van der Waals surface area contributed by atoms with Gasteiger partial charge in [0.1, 0.15) is 5.82 Å². The molecule has 0 amide bonds. The molecule has 0 atom stereocenters. The van der Waals surface area contributed by atoms with Gasteiger partial charge in [0.05, 0.1) is 14.1 Å². The van der Waals surface area contributed by atoms with Crippen LogP contribution in [0.5, 0.6) is 0 Å². The quantitative estimate of drug-likeness (QED) is 0.713. The molecule has 0 aliphatic heterocycles. The molecule has 0 unspecified atom stereocenters. The van der Waals surface area contributed by atoms with E-state index in [1.165, 1.54) is 17.7 Å². The van der Waals surface area contributed by atoms with E-state index in [9.17, 15) is 0 Å². The van der Waals surface area contributed by atoms with Gasteiger partial charge in [-0.15, -0.1) is 11.3 Å². The van der Waals surface area contributed by atoms with Gasteiger partial charge in [-0.05, 0) is 64.4 Å². The van der Waals surface area contributed by atoms with Crippen LogP contribution >= 0.6 is 49.9 Å². The summed E-state index contributed by atoms with van der Waals surface area (Å²) in [6.45, 7) is 2.08. The van der Waals surface area contributed by atoms with Gasteiger partial charge in [0.2, 0.25) is 0 Å². The minimum Gasteiger partial charge on any atom is -0.383 e. The lowest BCUT2D eigenvalue weighted by Crippen LogP contribution is -2.03. The van der Waals surface area contributed by atoms with Crippen LogP contribution in [0.4, 0.5) is 5.82 Å². The summed E-state index contributed by atoms with van der Waals surface area (Å²) in [6.07, 6.45) is 2.44. The van der Waals surface area contributed by atoms with Crippen LogP contribution in [0.1, 0.15) is 29.3 Å². The van der Waals surface area contributed by atoms with Gasteiger partial charge in [-0.1, -0.05) is 0 Å². The highest BCUT2D eigenvalue weighted by molar-refractivity contribution is 14.1. The zero-order chi connectivity index (χ0) is 12.9. The van der Waals surface area contributed by atoms with Gasteiger partial charge in [-0.25, -0.2) is 9.97 Å². The van der Waals surface area contributed by atoms with Crippen molar-refractivity contribution in [1.82, 2.24) is 9.97 Å². The van der Waals surface area contributed by atoms with Gasteiger partial charge in [0.15, 0.2) is 5.82 Å². The van der Waals surface area contributed by atoms with Gasteiger partial charge in [-0.2, -0.15) is 0 Å². The van der Waals surface area contributed by atoms with Crippen molar-refractivity contribution >= 4 is 55.7 Å². The molecular weight excluding hydrogens is 425 g/mol. The molecule has 0 spiro atoms. The Morgan fingerprint density at radius 1 is 1.44 bits per heavy atom. The van der Waals surface area contributed by atoms with Crippen LogP contribution in [0.15, 0.2) is 10.5 Å². The van der Waals surface area contributed by atoms with Crippen molar-refractivity contribution in [3.63, 3.8) is 0 Å². The van der Waals surface area contributed by atoms with Gasteiger partial charge in [-0.3, -0.25) is 0 Å². The summed E-state index contributed by atoms with van der Waals surface area (Å²) in [5, 5.41) is 0. The third kappa shape index (κ3) is 2.30. The highest BCUT2D eigenvalue weighted by Gasteiger charge is 2.29. The zero-order valence-electron chi connectivity index (χ0n) is 9.70. The molecule has 2 heterocycles. The molecule has 94 valence electrons. The molecular formula is C12H11BrIN3S. The van der Waals surface area contributed by atoms with E-state index in [2.05, 4.69) is 56.5 Å². The Morgan fingerprint density at radius 3 is 2.72 bits per heavy atom. The Labute approximate surface area is 131 Å². The maximum atomic E-state index is 6.00. The number of nitrogens with zero attached hydrogens (tertiary/aromatic N) is 2. The SMILES string of the molecule is Cc1sc(-c2nc(N)c(I)c(C3CC3)n2)cc1Br. The van der Waals surface area contributed by atoms with Crippen LogP contribution in [0.3, 0.4) is 0 Å². The molecule has 0 aromatic carbocycles. The van der Waals surface area contributed by atoms with Crippen molar-refractivity contribution in [2.24, 2.45) is 0 Å². The number of hydrogen-bond acceptors (Lipinski definition) is 4. The standard InChI is InChI=1S/C12H11BrIN3S/c1-5-7(13)4-8(18-5)12-16-10(6-2-3-6)9(14)11(15)17-12/h4,6H,2-3H2,1H3,(H2,15,16,17). The average molecular weight is 436 g/mol. The summed E-state index contributed by atoms with van der Waals surface area (Å²) in [7, 11) is 0. The van der Waals surface area contributed by atoms with E-state index < -0.39 is 0 Å². The number of halogens is 2. The Bertz CT molecular complexity index is 603. The lowest BCUT2D eigenvalue weighted by atomic mass is 10.2. The molecule has 0 saturated heterocycles. The zero-order valence-corrected chi connectivity index (χ0v) is 14.3. The van der Waals surface area contributed by atoms with E-state index in [0.29, 0.717) is 11.7 Å². The van der Waals surface area contributed by atoms with Crippen molar-refractivity contribution in [3.05, 3.63) is 24.7 Å². The molecule has 1 fully saturated rings. The number of thiophene rings is 1. The maximum Gasteiger partial charge on any atom is 0.171 e. The summed E-state index contributed by atoms with van der Waals surface area (Å²) in [5.74, 6) is 1.95. The van der Waals surface area contributed by atoms with Crippen molar-refractivity contribution in [2.45, 2.75) is 25.7 Å². The van der Waals surface area contributed by atoms with E-state index in [1.54, 1.807) is 11.3 Å². The Balaban J connectivity index is 2.12. The molecule has 1 aliphatic rings. The fraction of sp³-hybridized carbons (Fsp3) is 0.333. The van der Waals surface area contributed by atoms with Crippen LogP contribution in [0.25, 0.3) is 10.7 Å². The second-order valence-electron chi connectivity index (χ2n) is 4.42. The summed E-state index contributed by atoms with van der Waals surface area (Å²) >= 11 is 7.47. The first-order valence-electron chi connectivity index (χ1n) is 5.65. The first kappa shape index (κ1) is 12.8. The third-order valence-electron chi connectivity index (χ3n) is 2.94. The Hall–Kier alpha value is -0.210. The monoisotopic (exact) mass is 435 g/mol. The third-order valence-corrected chi connectivity index (χ3v) is 6.18. The van der Waals surface area contributed by atoms with E-state index in [4.69, 9.17) is 10.7 Å². The number of anilines is 1. The van der Waals surface area contributed by atoms with Crippen molar-refractivity contribution in [2.75, 3.05) is 5.73 Å². The van der Waals surface area contributed by atoms with E-state index in [1.807, 2.05) is 0 Å². The minimum absolute atomic E-state index is 0.588. The van der Waals surface area contributed by atoms with E-state index in [-0.39, 0.29) is 0 Å². The van der Waals surface area contributed by atoms with Crippen molar-refractivity contribution < 1.29 is 0 Å². The molecule has 18 heavy (non-hydrogen) atoms. The largest absolute Gasteiger partial charge is 0.383 e. The number of hydrogen-bond donors (Lipinski definition) is 1. The number of aromatic nitrogens is 2. The molecule has 0 radical (unpaired) electrons. The molecule has 1 aliphatic carbocycles. The lowest BCUT2D eigenvalue weighted by molar-refractivity contribution is 0.985. The Kier molecular flexibility index (Phi) is 3.36. The minimum atomic E-state index is 0.588. The normalized spacial score (nSPS) is 15.1. The Morgan fingerprint density at radius 2 is 2.17 bits per heavy atom. The predicted octanol–water partition coefficient (Wildman–Crippen LogP) is 4.34. The smallest absolute Gasteiger partial charge is 0.171 e. The average Bonchev–Trinajstić information content (AvgIpc) is 3.10. The molecule has 1 saturated carbocycles. The van der Waals surface area contributed by atoms with E-state index >= 15 is 0 Å². The number of aryl methyl sites for hydroxylation is 1. The molecule has 2 aromatic rings. The highest BCUT2D eigenvalue weighted by atomic mass is 127. The number of rotatable bonds is 2. The lowest BCUT2D eigenvalue weighted by Gasteiger charge is -2.06. The van der Waals surface area contributed by atoms with Gasteiger partial charge in [0, 0.05) is 15.3 Å². The van der Waals surface area contributed by atoms with Crippen LogP contribution in [0.2, 0.25) is 0 Å². The summed E-state index contributed by atoms with van der Waals surface area (Å²) in [5.41, 5.74) is 7.13. The first-order chi connectivity index (χ1) is 8.56. The highest BCUT2D eigenvalue weighted by Crippen LogP contribution is 2.43. The van der Waals surface area contributed by atoms with Crippen LogP contribution in [0, 0.1) is 10.5 Å². The van der Waals surface area contributed by atoms with Gasteiger partial charge in [0.25, 0.3) is 0 Å². The van der Waals surface area contributed by atoms with Crippen molar-refractivity contribution in [1.29, 1.82) is 0 Å². The summed E-state index contributed by atoms with van der Waals surface area (Å²) in [6, 6.07) is 2.07. The number of nitrogens with two attached hydrogens (primary N) is 1. The van der Waals surface area contributed by atoms with Crippen LogP contribution in [-0.4, -0.2) is 9.97 Å². The predicted molar refractivity (Wildman–Crippen MR) is 86.9 cm³/mol. The van der Waals surface area contributed by atoms with Gasteiger partial charge < -0.3 is 5.73 Å². The maximum absolute atomic E-state index is 6.00. The van der Waals surface area contributed by atoms with Crippen molar-refractivity contribution in [3.8, 4) is 10.7 Å². The van der Waals surface area contributed by atoms with Gasteiger partial charge >= 0.3 is 0 Å². The second-order valence-corrected chi connectivity index (χ2v) is 7.61. The molecule has 2 N–H and O–H groups in total. The second kappa shape index (κ2) is 4.72. The molecule has 2 aromatic heterocycles. The van der Waals surface area contributed by atoms with E-state index in [0.717, 1.165) is 24.4 Å². The van der Waals surface area contributed by atoms with Crippen LogP contribution in [-0.2, 0) is 0 Å². The summed E-state index contributed by atoms with van der Waals surface area (Å²) < 4.78 is 2.13. The van der Waals surface area contributed by atoms with Crippen LogP contribution < -0.4 is 5.73 Å². The number of nitrogen functional groups attached to an aromatic ring is 1. The molecule has 3 rings (SSSR count). The molecule has 0 bridgehead atoms. The fourth-order valence-electron chi connectivity index (χ4n) is 1.79. The topological polar surface area (TPSA) is 51.8 Å². The molecule has 6 heteroatoms. The molecule has 3 nitrogen and oxygen atoms in total.